The molecule has 3 rings (SSSR count). The number of urea groups is 1. The van der Waals surface area contributed by atoms with Crippen molar-refractivity contribution in [3.63, 3.8) is 0 Å². The Morgan fingerprint density at radius 2 is 2.05 bits per heavy atom. The number of fused-ring (bicyclic) bond motifs is 1. The van der Waals surface area contributed by atoms with Crippen molar-refractivity contribution >= 4 is 22.8 Å². The van der Waals surface area contributed by atoms with E-state index in [9.17, 15) is 4.79 Å². The van der Waals surface area contributed by atoms with Gasteiger partial charge in [0.15, 0.2) is 0 Å². The van der Waals surface area contributed by atoms with E-state index < -0.39 is 0 Å². The number of benzene rings is 1. The summed E-state index contributed by atoms with van der Waals surface area (Å²) in [6.07, 6.45) is 4.78. The van der Waals surface area contributed by atoms with Crippen LogP contribution in [0.4, 0.5) is 10.5 Å². The minimum absolute atomic E-state index is 0.351. The number of carbonyl (C=O) groups is 1. The highest BCUT2D eigenvalue weighted by Gasteiger charge is 2.05. The molecule has 0 radical (unpaired) electrons. The van der Waals surface area contributed by atoms with Crippen LogP contribution in [-0.2, 0) is 0 Å². The van der Waals surface area contributed by atoms with Gasteiger partial charge in [-0.25, -0.2) is 19.9 Å². The average molecular weight is 253 g/mol. The molecule has 0 aliphatic carbocycles. The molecule has 0 saturated carbocycles. The molecule has 0 fully saturated rings. The van der Waals surface area contributed by atoms with Gasteiger partial charge in [-0.3, -0.25) is 4.98 Å². The predicted octanol–water partition coefficient (Wildman–Crippen LogP) is 2.21. The maximum atomic E-state index is 11.8. The summed E-state index contributed by atoms with van der Waals surface area (Å²) in [5, 5.41) is 2.68. The van der Waals surface area contributed by atoms with Crippen molar-refractivity contribution in [1.82, 2.24) is 14.6 Å². The van der Waals surface area contributed by atoms with Gasteiger partial charge >= 0.3 is 6.03 Å². The quantitative estimate of drug-likeness (QED) is 0.735. The third-order valence-corrected chi connectivity index (χ3v) is 2.59. The first kappa shape index (κ1) is 11.2. The van der Waals surface area contributed by atoms with Crippen LogP contribution in [0.25, 0.3) is 11.0 Å². The van der Waals surface area contributed by atoms with Gasteiger partial charge < -0.3 is 5.32 Å². The largest absolute Gasteiger partial charge is 0.338 e. The van der Waals surface area contributed by atoms with Crippen molar-refractivity contribution in [2.24, 2.45) is 0 Å². The zero-order valence-electron chi connectivity index (χ0n) is 9.95. The zero-order valence-corrected chi connectivity index (χ0v) is 9.95. The molecule has 2 N–H and O–H groups in total. The molecule has 0 aliphatic heterocycles. The monoisotopic (exact) mass is 253 g/mol. The Morgan fingerprint density at radius 1 is 1.16 bits per heavy atom. The summed E-state index contributed by atoms with van der Waals surface area (Å²) < 4.78 is 1.57. The first-order chi connectivity index (χ1) is 9.33. The Labute approximate surface area is 109 Å². The van der Waals surface area contributed by atoms with Crippen LogP contribution in [0, 0.1) is 0 Å². The van der Waals surface area contributed by atoms with E-state index in [1.54, 1.807) is 35.5 Å². The number of hydrogen-bond acceptors (Lipinski definition) is 3. The minimum atomic E-state index is -0.351. The molecular formula is C13H11N5O. The van der Waals surface area contributed by atoms with Gasteiger partial charge in [0.2, 0.25) is 0 Å². The van der Waals surface area contributed by atoms with Gasteiger partial charge in [-0.2, -0.15) is 0 Å². The zero-order chi connectivity index (χ0) is 13.1. The maximum absolute atomic E-state index is 11.8. The number of aromatic nitrogens is 3. The lowest BCUT2D eigenvalue weighted by atomic mass is 10.3. The summed E-state index contributed by atoms with van der Waals surface area (Å²) >= 11 is 0. The minimum Gasteiger partial charge on any atom is -0.305 e. The van der Waals surface area contributed by atoms with Gasteiger partial charge in [0.1, 0.15) is 6.33 Å². The molecule has 0 bridgehead atoms. The van der Waals surface area contributed by atoms with Crippen molar-refractivity contribution in [3.05, 3.63) is 55.1 Å². The van der Waals surface area contributed by atoms with Gasteiger partial charge in [0.25, 0.3) is 0 Å². The fraction of sp³-hybridized carbons (Fsp3) is 0. The van der Waals surface area contributed by atoms with Crippen LogP contribution in [0.1, 0.15) is 0 Å². The Morgan fingerprint density at radius 3 is 2.89 bits per heavy atom. The number of para-hydroxylation sites is 2. The maximum Gasteiger partial charge on any atom is 0.338 e. The van der Waals surface area contributed by atoms with Gasteiger partial charge in [-0.05, 0) is 24.3 Å². The highest BCUT2D eigenvalue weighted by atomic mass is 16.2. The second-order valence-corrected chi connectivity index (χ2v) is 3.91. The Bertz CT molecular complexity index is 707. The van der Waals surface area contributed by atoms with Crippen LogP contribution in [0.15, 0.2) is 55.1 Å². The van der Waals surface area contributed by atoms with Crippen molar-refractivity contribution in [1.29, 1.82) is 0 Å². The van der Waals surface area contributed by atoms with Crippen LogP contribution in [0.3, 0.4) is 0 Å². The molecular weight excluding hydrogens is 242 g/mol. The van der Waals surface area contributed by atoms with E-state index in [0.29, 0.717) is 5.69 Å². The number of imidazole rings is 1. The Balaban J connectivity index is 1.76. The molecule has 2 heterocycles. The molecule has 6 heteroatoms. The van der Waals surface area contributed by atoms with Crippen LogP contribution in [-0.4, -0.2) is 20.7 Å². The van der Waals surface area contributed by atoms with Gasteiger partial charge in [0, 0.05) is 6.20 Å². The number of hydrogen-bond donors (Lipinski definition) is 2. The molecule has 1 aromatic carbocycles. The molecule has 0 spiro atoms. The predicted molar refractivity (Wildman–Crippen MR) is 72.3 cm³/mol. The third kappa shape index (κ3) is 2.37. The summed E-state index contributed by atoms with van der Waals surface area (Å²) in [4.78, 5) is 19.9. The smallest absolute Gasteiger partial charge is 0.305 e. The molecule has 0 aliphatic rings. The van der Waals surface area contributed by atoms with E-state index in [1.807, 2.05) is 24.3 Å². The van der Waals surface area contributed by atoms with Crippen LogP contribution in [0.2, 0.25) is 0 Å². The summed E-state index contributed by atoms with van der Waals surface area (Å²) in [5.41, 5.74) is 4.98. The second kappa shape index (κ2) is 4.77. The topological polar surface area (TPSA) is 71.8 Å². The van der Waals surface area contributed by atoms with Gasteiger partial charge in [0.05, 0.1) is 22.9 Å². The molecule has 0 unspecified atom stereocenters. The number of pyridine rings is 1. The summed E-state index contributed by atoms with van der Waals surface area (Å²) in [7, 11) is 0. The molecule has 3 aromatic rings. The SMILES string of the molecule is O=C(Nc1cccnc1)Nn1cnc2ccccc21. The number of rotatable bonds is 2. The Hall–Kier alpha value is -2.89. The normalized spacial score (nSPS) is 10.3. The molecule has 94 valence electrons. The first-order valence-electron chi connectivity index (χ1n) is 5.73. The van der Waals surface area contributed by atoms with E-state index in [4.69, 9.17) is 0 Å². The van der Waals surface area contributed by atoms with E-state index in [1.165, 1.54) is 0 Å². The number of anilines is 1. The molecule has 19 heavy (non-hydrogen) atoms. The number of nitrogens with zero attached hydrogens (tertiary/aromatic N) is 3. The van der Waals surface area contributed by atoms with Crippen molar-refractivity contribution in [3.8, 4) is 0 Å². The summed E-state index contributed by atoms with van der Waals surface area (Å²) in [5.74, 6) is 0. The Kier molecular flexibility index (Phi) is 2.82. The fourth-order valence-electron chi connectivity index (χ4n) is 1.75. The number of amides is 2. The lowest BCUT2D eigenvalue weighted by Crippen LogP contribution is -2.27. The van der Waals surface area contributed by atoms with Crippen LogP contribution >= 0.6 is 0 Å². The fourth-order valence-corrected chi connectivity index (χ4v) is 1.75. The molecule has 2 amide bonds. The van der Waals surface area contributed by atoms with Crippen molar-refractivity contribution < 1.29 is 4.79 Å². The van der Waals surface area contributed by atoms with E-state index in [-0.39, 0.29) is 6.03 Å². The lowest BCUT2D eigenvalue weighted by Gasteiger charge is -2.08. The van der Waals surface area contributed by atoms with Gasteiger partial charge in [-0.15, -0.1) is 0 Å². The van der Waals surface area contributed by atoms with Crippen molar-refractivity contribution in [2.75, 3.05) is 10.7 Å². The lowest BCUT2D eigenvalue weighted by molar-refractivity contribution is 0.260. The van der Waals surface area contributed by atoms with E-state index in [0.717, 1.165) is 11.0 Å². The number of nitrogens with one attached hydrogen (secondary N) is 2. The third-order valence-electron chi connectivity index (χ3n) is 2.59. The molecule has 0 atom stereocenters. The van der Waals surface area contributed by atoms with Gasteiger partial charge in [-0.1, -0.05) is 12.1 Å². The second-order valence-electron chi connectivity index (χ2n) is 3.91. The first-order valence-corrected chi connectivity index (χ1v) is 5.73. The molecule has 6 nitrogen and oxygen atoms in total. The summed E-state index contributed by atoms with van der Waals surface area (Å²) in [6.45, 7) is 0. The van der Waals surface area contributed by atoms with Crippen molar-refractivity contribution in [2.45, 2.75) is 0 Å². The van der Waals surface area contributed by atoms with Crippen LogP contribution < -0.4 is 10.7 Å². The van der Waals surface area contributed by atoms with E-state index in [2.05, 4.69) is 20.7 Å². The molecule has 0 saturated heterocycles. The molecule has 2 aromatic heterocycles. The van der Waals surface area contributed by atoms with Crippen LogP contribution in [0.5, 0.6) is 0 Å². The highest BCUT2D eigenvalue weighted by Crippen LogP contribution is 2.10. The average Bonchev–Trinajstić information content (AvgIpc) is 2.83. The summed E-state index contributed by atoms with van der Waals surface area (Å²) in [6, 6.07) is 10.7. The number of carbonyl (C=O) groups excluding carboxylic acids is 1. The van der Waals surface area contributed by atoms with E-state index >= 15 is 0 Å². The highest BCUT2D eigenvalue weighted by molar-refractivity contribution is 5.95. The standard InChI is InChI=1S/C13H11N5O/c19-13(16-10-4-3-7-14-8-10)17-18-9-15-11-5-1-2-6-12(11)18/h1-9H,(H2,16,17,19).